The van der Waals surface area contributed by atoms with Crippen LogP contribution in [0.2, 0.25) is 0 Å². The maximum atomic E-state index is 11.7. The second-order valence-electron chi connectivity index (χ2n) is 8.14. The summed E-state index contributed by atoms with van der Waals surface area (Å²) in [5.74, 6) is -1.54. The van der Waals surface area contributed by atoms with Gasteiger partial charge in [0.15, 0.2) is 11.6 Å². The van der Waals surface area contributed by atoms with Gasteiger partial charge >= 0.3 is 0 Å². The highest BCUT2D eigenvalue weighted by atomic mass is 16.7. The molecule has 6 nitrogen and oxygen atoms in total. The molecular weight excluding hydrogens is 358 g/mol. The third kappa shape index (κ3) is 3.84. The van der Waals surface area contributed by atoms with E-state index in [1.165, 1.54) is 6.08 Å². The number of aliphatic hydroxyl groups excluding tert-OH is 1. The Morgan fingerprint density at radius 3 is 2.71 bits per heavy atom. The molecule has 0 spiro atoms. The lowest BCUT2D eigenvalue weighted by molar-refractivity contribution is -0.318. The fourth-order valence-corrected chi connectivity index (χ4v) is 4.10. The van der Waals surface area contributed by atoms with Crippen molar-refractivity contribution in [2.45, 2.75) is 59.0 Å². The summed E-state index contributed by atoms with van der Waals surface area (Å²) in [6, 6.07) is 0. The zero-order chi connectivity index (χ0) is 20.6. The van der Waals surface area contributed by atoms with E-state index >= 15 is 0 Å². The summed E-state index contributed by atoms with van der Waals surface area (Å²) < 4.78 is 12.5. The minimum atomic E-state index is -0.676. The van der Waals surface area contributed by atoms with E-state index < -0.39 is 17.5 Å². The van der Waals surface area contributed by atoms with Gasteiger partial charge in [-0.25, -0.2) is 0 Å². The van der Waals surface area contributed by atoms with Gasteiger partial charge in [-0.15, -0.1) is 0 Å². The number of carbonyl (C=O) groups excluding carboxylic acids is 2. The van der Waals surface area contributed by atoms with Crippen LogP contribution in [0.5, 0.6) is 0 Å². The highest BCUT2D eigenvalue weighted by Gasteiger charge is 2.47. The van der Waals surface area contributed by atoms with Crippen LogP contribution in [-0.2, 0) is 19.1 Å². The van der Waals surface area contributed by atoms with E-state index in [1.54, 1.807) is 6.08 Å². The van der Waals surface area contributed by atoms with Gasteiger partial charge in [0.05, 0.1) is 18.8 Å². The normalized spacial score (nSPS) is 36.4. The molecule has 0 radical (unpaired) electrons. The third-order valence-corrected chi connectivity index (χ3v) is 5.93. The van der Waals surface area contributed by atoms with Crippen molar-refractivity contribution in [3.63, 3.8) is 0 Å². The second-order valence-corrected chi connectivity index (χ2v) is 8.14. The summed E-state index contributed by atoms with van der Waals surface area (Å²) in [4.78, 5) is 23.3. The highest BCUT2D eigenvalue weighted by Crippen LogP contribution is 2.43. The number of amides is 1. The first kappa shape index (κ1) is 20.6. The van der Waals surface area contributed by atoms with Crippen LogP contribution >= 0.6 is 0 Å². The van der Waals surface area contributed by atoms with Crippen molar-refractivity contribution in [3.05, 3.63) is 46.8 Å². The lowest BCUT2D eigenvalue weighted by Gasteiger charge is -2.50. The molecule has 0 aliphatic carbocycles. The topological polar surface area (TPSA) is 84.9 Å². The molecule has 3 heterocycles. The average molecular weight is 387 g/mol. The number of ether oxygens (including phenoxy) is 2. The van der Waals surface area contributed by atoms with E-state index in [2.05, 4.69) is 31.3 Å². The summed E-state index contributed by atoms with van der Waals surface area (Å²) >= 11 is 0. The van der Waals surface area contributed by atoms with E-state index in [-0.39, 0.29) is 41.9 Å². The number of rotatable bonds is 4. The molecule has 152 valence electrons. The average Bonchev–Trinajstić information content (AvgIpc) is 2.97. The molecule has 2 saturated heterocycles. The van der Waals surface area contributed by atoms with E-state index in [0.717, 1.165) is 17.6 Å². The molecule has 3 aliphatic rings. The quantitative estimate of drug-likeness (QED) is 0.255. The summed E-state index contributed by atoms with van der Waals surface area (Å²) in [5, 5.41) is 12.5. The van der Waals surface area contributed by atoms with Gasteiger partial charge in [-0.2, -0.15) is 0 Å². The van der Waals surface area contributed by atoms with E-state index in [0.29, 0.717) is 0 Å². The number of allylic oxidation sites excluding steroid dienone is 3. The number of hydrogen-bond acceptors (Lipinski definition) is 5. The van der Waals surface area contributed by atoms with E-state index in [9.17, 15) is 14.7 Å². The molecule has 1 amide bonds. The third-order valence-electron chi connectivity index (χ3n) is 5.93. The molecule has 0 aromatic rings. The molecule has 2 unspecified atom stereocenters. The summed E-state index contributed by atoms with van der Waals surface area (Å²) in [7, 11) is 0. The summed E-state index contributed by atoms with van der Waals surface area (Å²) in [6.45, 7) is 10.1. The standard InChI is InChI=1S/C22H29NO5/c1-12(6-8-16(24)19-17(25)11-23-21(19)26)10-13(2)20-15(4)18-9-7-14(3)22(5,27-18)28-20/h6-8,10,13,15,18,20,24H,9,11H2,1-5H3,(H,23,26)/b8-6+,12-10+,19-16-/t13?,15-,18+,20?,22+/m0/s1. The van der Waals surface area contributed by atoms with E-state index in [1.807, 2.05) is 20.8 Å². The van der Waals surface area contributed by atoms with Gasteiger partial charge in [0.1, 0.15) is 11.3 Å². The molecule has 2 bridgehead atoms. The summed E-state index contributed by atoms with van der Waals surface area (Å²) in [6.07, 6.45) is 8.42. The van der Waals surface area contributed by atoms with Gasteiger partial charge in [-0.1, -0.05) is 37.6 Å². The first-order chi connectivity index (χ1) is 13.1. The van der Waals surface area contributed by atoms with Crippen LogP contribution in [0.3, 0.4) is 0 Å². The molecular formula is C22H29NO5. The molecule has 0 aromatic heterocycles. The van der Waals surface area contributed by atoms with Gasteiger partial charge in [0.2, 0.25) is 0 Å². The Hall–Kier alpha value is -2.18. The van der Waals surface area contributed by atoms with Crippen molar-refractivity contribution in [1.29, 1.82) is 0 Å². The van der Waals surface area contributed by atoms with Gasteiger partial charge < -0.3 is 19.9 Å². The van der Waals surface area contributed by atoms with Gasteiger partial charge in [0, 0.05) is 11.8 Å². The minimum Gasteiger partial charge on any atom is -0.507 e. The lowest BCUT2D eigenvalue weighted by atomic mass is 9.82. The van der Waals surface area contributed by atoms with Crippen molar-refractivity contribution < 1.29 is 24.2 Å². The summed E-state index contributed by atoms with van der Waals surface area (Å²) in [5.41, 5.74) is 1.83. The SMILES string of the molecule is CC1=CC[C@H]2O[C@]1(C)OC(C(C)/C=C(C)/C=C/C(O)=C1\C(=O)CNC1=O)[C@H]2C. The number of Topliss-reactive ketones (excluding diaryl/α,β-unsaturated/α-hetero) is 1. The molecule has 28 heavy (non-hydrogen) atoms. The van der Waals surface area contributed by atoms with Crippen molar-refractivity contribution in [3.8, 4) is 0 Å². The molecule has 3 aliphatic heterocycles. The number of aliphatic hydroxyl groups is 1. The van der Waals surface area contributed by atoms with Crippen LogP contribution in [0.1, 0.15) is 41.0 Å². The number of hydrogen-bond donors (Lipinski definition) is 2. The number of fused-ring (bicyclic) bond motifs is 2. The van der Waals surface area contributed by atoms with Crippen molar-refractivity contribution >= 4 is 11.7 Å². The number of carbonyl (C=O) groups is 2. The van der Waals surface area contributed by atoms with E-state index in [4.69, 9.17) is 9.47 Å². The van der Waals surface area contributed by atoms with Crippen LogP contribution in [0.4, 0.5) is 0 Å². The Morgan fingerprint density at radius 2 is 2.07 bits per heavy atom. The molecule has 6 heteroatoms. The maximum Gasteiger partial charge on any atom is 0.259 e. The Kier molecular flexibility index (Phi) is 5.64. The Balaban J connectivity index is 1.74. The van der Waals surface area contributed by atoms with Crippen molar-refractivity contribution in [2.24, 2.45) is 11.8 Å². The van der Waals surface area contributed by atoms with Crippen molar-refractivity contribution in [1.82, 2.24) is 5.32 Å². The van der Waals surface area contributed by atoms with Crippen LogP contribution in [0.15, 0.2) is 46.8 Å². The number of ketones is 1. The second kappa shape index (κ2) is 7.68. The largest absolute Gasteiger partial charge is 0.507 e. The van der Waals surface area contributed by atoms with Crippen molar-refractivity contribution in [2.75, 3.05) is 6.54 Å². The van der Waals surface area contributed by atoms with Gasteiger partial charge in [0.25, 0.3) is 5.91 Å². The van der Waals surface area contributed by atoms with Gasteiger partial charge in [-0.3, -0.25) is 9.59 Å². The predicted octanol–water partition coefficient (Wildman–Crippen LogP) is 3.12. The molecule has 3 rings (SSSR count). The Labute approximate surface area is 166 Å². The molecule has 2 N–H and O–H groups in total. The van der Waals surface area contributed by atoms with Crippen LogP contribution < -0.4 is 5.32 Å². The Bertz CT molecular complexity index is 788. The minimum absolute atomic E-state index is 0.00453. The first-order valence-corrected chi connectivity index (χ1v) is 9.76. The number of nitrogens with one attached hydrogen (secondary N) is 1. The molecule has 2 fully saturated rings. The highest BCUT2D eigenvalue weighted by molar-refractivity contribution is 6.25. The predicted molar refractivity (Wildman–Crippen MR) is 105 cm³/mol. The van der Waals surface area contributed by atoms with Gasteiger partial charge in [-0.05, 0) is 38.8 Å². The lowest BCUT2D eigenvalue weighted by Crippen LogP contribution is -2.55. The van der Waals surface area contributed by atoms with Crippen LogP contribution in [0, 0.1) is 11.8 Å². The maximum absolute atomic E-state index is 11.7. The molecule has 0 saturated carbocycles. The zero-order valence-corrected chi connectivity index (χ0v) is 17.1. The van der Waals surface area contributed by atoms with Crippen LogP contribution in [-0.4, -0.2) is 41.3 Å². The Morgan fingerprint density at radius 1 is 1.36 bits per heavy atom. The zero-order valence-electron chi connectivity index (χ0n) is 17.1. The first-order valence-electron chi connectivity index (χ1n) is 9.76. The smallest absolute Gasteiger partial charge is 0.259 e. The molecule has 0 aromatic carbocycles. The fourth-order valence-electron chi connectivity index (χ4n) is 4.10. The molecule has 5 atom stereocenters. The fraction of sp³-hybridized carbons (Fsp3) is 0.545. The van der Waals surface area contributed by atoms with Crippen LogP contribution in [0.25, 0.3) is 0 Å². The monoisotopic (exact) mass is 387 g/mol.